The molecule has 0 saturated carbocycles. The van der Waals surface area contributed by atoms with Gasteiger partial charge in [0.25, 0.3) is 0 Å². The highest BCUT2D eigenvalue weighted by molar-refractivity contribution is 5.81. The highest BCUT2D eigenvalue weighted by Crippen LogP contribution is 2.29. The number of carbonyl (C=O) groups is 1. The molecule has 0 saturated heterocycles. The van der Waals surface area contributed by atoms with Crippen LogP contribution in [0, 0.1) is 6.92 Å². The third-order valence-corrected chi connectivity index (χ3v) is 3.02. The highest BCUT2D eigenvalue weighted by Gasteiger charge is 2.17. The molecule has 0 aliphatic carbocycles. The minimum absolute atomic E-state index is 0.0997. The average Bonchev–Trinajstić information content (AvgIpc) is 2.39. The van der Waals surface area contributed by atoms with Gasteiger partial charge in [0, 0.05) is 25.2 Å². The van der Waals surface area contributed by atoms with Crippen molar-refractivity contribution in [1.29, 1.82) is 0 Å². The number of hydrogen-bond acceptors (Lipinski definition) is 4. The minimum Gasteiger partial charge on any atom is -0.497 e. The van der Waals surface area contributed by atoms with E-state index in [1.807, 2.05) is 19.1 Å². The number of hydrogen-bond donors (Lipinski definition) is 1. The van der Waals surface area contributed by atoms with Gasteiger partial charge in [-0.25, -0.2) is 0 Å². The van der Waals surface area contributed by atoms with Gasteiger partial charge in [-0.2, -0.15) is 0 Å². The van der Waals surface area contributed by atoms with Crippen LogP contribution in [-0.4, -0.2) is 38.1 Å². The Balaban J connectivity index is 3.03. The van der Waals surface area contributed by atoms with Gasteiger partial charge in [-0.1, -0.05) is 0 Å². The van der Waals surface area contributed by atoms with E-state index in [9.17, 15) is 4.79 Å². The van der Waals surface area contributed by atoms with E-state index in [0.29, 0.717) is 12.3 Å². The fraction of sp³-hybridized carbons (Fsp3) is 0.500. The first-order valence-corrected chi connectivity index (χ1v) is 6.12. The summed E-state index contributed by atoms with van der Waals surface area (Å²) < 4.78 is 10.6. The van der Waals surface area contributed by atoms with Crippen molar-refractivity contribution in [3.63, 3.8) is 0 Å². The molecular weight excluding hydrogens is 244 g/mol. The van der Waals surface area contributed by atoms with E-state index in [-0.39, 0.29) is 5.91 Å². The molecule has 1 amide bonds. The van der Waals surface area contributed by atoms with E-state index < -0.39 is 6.04 Å². The molecule has 0 spiro atoms. The zero-order valence-electron chi connectivity index (χ0n) is 12.2. The average molecular weight is 266 g/mol. The number of nitrogens with zero attached hydrogens (tertiary/aromatic N) is 1. The summed E-state index contributed by atoms with van der Waals surface area (Å²) in [6.45, 7) is 4.10. The molecule has 0 bridgehead atoms. The maximum absolute atomic E-state index is 11.8. The Morgan fingerprint density at radius 3 is 2.47 bits per heavy atom. The second-order valence-corrected chi connectivity index (χ2v) is 4.61. The van der Waals surface area contributed by atoms with Crippen LogP contribution in [0.25, 0.3) is 0 Å². The predicted molar refractivity (Wildman–Crippen MR) is 74.4 cm³/mol. The molecule has 1 unspecified atom stereocenters. The molecule has 0 fully saturated rings. The summed E-state index contributed by atoms with van der Waals surface area (Å²) in [5.41, 5.74) is 7.57. The van der Waals surface area contributed by atoms with Gasteiger partial charge in [0.1, 0.15) is 11.5 Å². The second-order valence-electron chi connectivity index (χ2n) is 4.61. The standard InChI is InChI=1S/C14H22N2O3/c1-9-6-11(18-4)7-13(19-5)12(9)8-16(3)14(17)10(2)15/h6-7,10H,8,15H2,1-5H3. The van der Waals surface area contributed by atoms with Crippen LogP contribution < -0.4 is 15.2 Å². The van der Waals surface area contributed by atoms with Gasteiger partial charge >= 0.3 is 0 Å². The molecule has 1 rings (SSSR count). The number of carbonyl (C=O) groups excluding carboxylic acids is 1. The van der Waals surface area contributed by atoms with E-state index in [1.54, 1.807) is 33.1 Å². The number of methoxy groups -OCH3 is 2. The largest absolute Gasteiger partial charge is 0.497 e. The summed E-state index contributed by atoms with van der Waals surface area (Å²) in [6.07, 6.45) is 0. The number of aryl methyl sites for hydroxylation is 1. The molecule has 106 valence electrons. The fourth-order valence-electron chi connectivity index (χ4n) is 1.92. The Kier molecular flexibility index (Phi) is 5.18. The first kappa shape index (κ1) is 15.3. The molecule has 1 aromatic carbocycles. The van der Waals surface area contributed by atoms with E-state index in [4.69, 9.17) is 15.2 Å². The fourth-order valence-corrected chi connectivity index (χ4v) is 1.92. The highest BCUT2D eigenvalue weighted by atomic mass is 16.5. The second kappa shape index (κ2) is 6.43. The SMILES string of the molecule is COc1cc(C)c(CN(C)C(=O)C(C)N)c(OC)c1. The minimum atomic E-state index is -0.505. The van der Waals surface area contributed by atoms with Crippen LogP contribution in [0.3, 0.4) is 0 Å². The number of likely N-dealkylation sites (N-methyl/N-ethyl adjacent to an activating group) is 1. The maximum atomic E-state index is 11.8. The Hall–Kier alpha value is -1.75. The molecule has 2 N–H and O–H groups in total. The Bertz CT molecular complexity index is 458. The van der Waals surface area contributed by atoms with E-state index in [1.165, 1.54) is 0 Å². The van der Waals surface area contributed by atoms with Crippen molar-refractivity contribution in [2.75, 3.05) is 21.3 Å². The first-order chi connectivity index (χ1) is 8.90. The normalized spacial score (nSPS) is 11.9. The van der Waals surface area contributed by atoms with Crippen LogP contribution >= 0.6 is 0 Å². The van der Waals surface area contributed by atoms with Crippen molar-refractivity contribution in [1.82, 2.24) is 4.90 Å². The Morgan fingerprint density at radius 2 is 2.00 bits per heavy atom. The van der Waals surface area contributed by atoms with Crippen LogP contribution in [0.1, 0.15) is 18.1 Å². The van der Waals surface area contributed by atoms with Crippen LogP contribution in [0.15, 0.2) is 12.1 Å². The lowest BCUT2D eigenvalue weighted by molar-refractivity contribution is -0.131. The van der Waals surface area contributed by atoms with Crippen LogP contribution in [0.2, 0.25) is 0 Å². The molecule has 1 atom stereocenters. The quantitative estimate of drug-likeness (QED) is 0.873. The van der Waals surface area contributed by atoms with Crippen molar-refractivity contribution in [3.05, 3.63) is 23.3 Å². The van der Waals surface area contributed by atoms with Gasteiger partial charge in [0.2, 0.25) is 5.91 Å². The zero-order chi connectivity index (χ0) is 14.6. The Morgan fingerprint density at radius 1 is 1.37 bits per heavy atom. The van der Waals surface area contributed by atoms with Gasteiger partial charge < -0.3 is 20.1 Å². The third-order valence-electron chi connectivity index (χ3n) is 3.02. The molecular formula is C14H22N2O3. The molecule has 0 aromatic heterocycles. The summed E-state index contributed by atoms with van der Waals surface area (Å²) in [5.74, 6) is 1.35. The molecule has 0 aliphatic heterocycles. The summed E-state index contributed by atoms with van der Waals surface area (Å²) in [5, 5.41) is 0. The first-order valence-electron chi connectivity index (χ1n) is 6.12. The van der Waals surface area contributed by atoms with E-state index in [0.717, 1.165) is 16.9 Å². The molecule has 19 heavy (non-hydrogen) atoms. The molecule has 5 heteroatoms. The number of rotatable bonds is 5. The summed E-state index contributed by atoms with van der Waals surface area (Å²) in [4.78, 5) is 13.4. The van der Waals surface area contributed by atoms with Gasteiger partial charge in [0.15, 0.2) is 0 Å². The van der Waals surface area contributed by atoms with Gasteiger partial charge in [-0.05, 0) is 25.5 Å². The summed E-state index contributed by atoms with van der Waals surface area (Å²) in [7, 11) is 4.94. The number of benzene rings is 1. The Labute approximate surface area is 114 Å². The lowest BCUT2D eigenvalue weighted by Crippen LogP contribution is -2.39. The number of amides is 1. The van der Waals surface area contributed by atoms with Crippen molar-refractivity contribution >= 4 is 5.91 Å². The predicted octanol–water partition coefficient (Wildman–Crippen LogP) is 1.32. The monoisotopic (exact) mass is 266 g/mol. The van der Waals surface area contributed by atoms with Crippen LogP contribution in [-0.2, 0) is 11.3 Å². The van der Waals surface area contributed by atoms with Crippen LogP contribution in [0.5, 0.6) is 11.5 Å². The molecule has 0 aliphatic rings. The molecule has 5 nitrogen and oxygen atoms in total. The van der Waals surface area contributed by atoms with Crippen molar-refractivity contribution in [3.8, 4) is 11.5 Å². The molecule has 1 aromatic rings. The molecule has 0 radical (unpaired) electrons. The van der Waals surface area contributed by atoms with E-state index in [2.05, 4.69) is 0 Å². The van der Waals surface area contributed by atoms with Crippen molar-refractivity contribution in [2.24, 2.45) is 5.73 Å². The van der Waals surface area contributed by atoms with Crippen molar-refractivity contribution < 1.29 is 14.3 Å². The lowest BCUT2D eigenvalue weighted by atomic mass is 10.1. The smallest absolute Gasteiger partial charge is 0.239 e. The molecule has 0 heterocycles. The maximum Gasteiger partial charge on any atom is 0.239 e. The van der Waals surface area contributed by atoms with Gasteiger partial charge in [0.05, 0.1) is 20.3 Å². The summed E-state index contributed by atoms with van der Waals surface area (Å²) in [6, 6.07) is 3.23. The number of ether oxygens (including phenoxy) is 2. The van der Waals surface area contributed by atoms with Crippen molar-refractivity contribution in [2.45, 2.75) is 26.4 Å². The lowest BCUT2D eigenvalue weighted by Gasteiger charge is -2.22. The summed E-state index contributed by atoms with van der Waals surface area (Å²) >= 11 is 0. The number of nitrogens with two attached hydrogens (primary N) is 1. The van der Waals surface area contributed by atoms with Crippen LogP contribution in [0.4, 0.5) is 0 Å². The van der Waals surface area contributed by atoms with Gasteiger partial charge in [-0.15, -0.1) is 0 Å². The topological polar surface area (TPSA) is 64.8 Å². The van der Waals surface area contributed by atoms with E-state index >= 15 is 0 Å². The zero-order valence-corrected chi connectivity index (χ0v) is 12.2. The van der Waals surface area contributed by atoms with Gasteiger partial charge in [-0.3, -0.25) is 4.79 Å². The third kappa shape index (κ3) is 3.61.